The van der Waals surface area contributed by atoms with Crippen LogP contribution in [0.15, 0.2) is 24.3 Å². The van der Waals surface area contributed by atoms with Gasteiger partial charge in [-0.05, 0) is 42.2 Å². The summed E-state index contributed by atoms with van der Waals surface area (Å²) in [7, 11) is 0. The van der Waals surface area contributed by atoms with E-state index in [1.807, 2.05) is 0 Å². The molecule has 0 amide bonds. The van der Waals surface area contributed by atoms with Crippen LogP contribution in [0.1, 0.15) is 38.4 Å². The van der Waals surface area contributed by atoms with E-state index in [0.29, 0.717) is 5.41 Å². The van der Waals surface area contributed by atoms with Gasteiger partial charge in [-0.3, -0.25) is 0 Å². The molecular weight excluding hydrogens is 206 g/mol. The molecule has 1 aliphatic rings. The molecule has 0 unspecified atom stereocenters. The van der Waals surface area contributed by atoms with Crippen LogP contribution in [0.25, 0.3) is 10.9 Å². The normalized spacial score (nSPS) is 20.5. The van der Waals surface area contributed by atoms with Crippen molar-refractivity contribution in [2.45, 2.75) is 40.0 Å². The number of hydrogen-bond donors (Lipinski definition) is 1. The SMILES string of the molecule is CC(C)(C)[C@@H]1CCc2[nH]c3ccccc3c2C1. The number of nitrogens with one attached hydrogen (secondary N) is 1. The van der Waals surface area contributed by atoms with Crippen molar-refractivity contribution in [1.82, 2.24) is 4.98 Å². The van der Waals surface area contributed by atoms with Gasteiger partial charge in [0.05, 0.1) is 0 Å². The maximum atomic E-state index is 3.59. The Hall–Kier alpha value is -1.24. The molecule has 1 aromatic carbocycles. The second-order valence-electron chi connectivity index (χ2n) is 6.43. The van der Waals surface area contributed by atoms with Gasteiger partial charge >= 0.3 is 0 Å². The zero-order chi connectivity index (χ0) is 12.0. The average Bonchev–Trinajstić information content (AvgIpc) is 2.65. The number of aromatic nitrogens is 1. The Morgan fingerprint density at radius 3 is 2.71 bits per heavy atom. The smallest absolute Gasteiger partial charge is 0.0458 e. The van der Waals surface area contributed by atoms with Gasteiger partial charge in [0, 0.05) is 16.6 Å². The summed E-state index contributed by atoms with van der Waals surface area (Å²) in [4.78, 5) is 3.59. The number of rotatable bonds is 0. The number of para-hydroxylation sites is 1. The van der Waals surface area contributed by atoms with Crippen LogP contribution >= 0.6 is 0 Å². The van der Waals surface area contributed by atoms with E-state index < -0.39 is 0 Å². The van der Waals surface area contributed by atoms with Crippen molar-refractivity contribution in [1.29, 1.82) is 0 Å². The molecule has 0 radical (unpaired) electrons. The van der Waals surface area contributed by atoms with E-state index in [4.69, 9.17) is 0 Å². The summed E-state index contributed by atoms with van der Waals surface area (Å²) in [5, 5.41) is 1.44. The molecule has 3 rings (SSSR count). The molecule has 1 nitrogen and oxygen atoms in total. The highest BCUT2D eigenvalue weighted by Gasteiger charge is 2.30. The molecule has 0 spiro atoms. The fourth-order valence-electron chi connectivity index (χ4n) is 3.11. The van der Waals surface area contributed by atoms with Crippen molar-refractivity contribution in [3.63, 3.8) is 0 Å². The quantitative estimate of drug-likeness (QED) is 0.690. The molecule has 90 valence electrons. The van der Waals surface area contributed by atoms with Crippen LogP contribution in [-0.4, -0.2) is 4.98 Å². The summed E-state index contributed by atoms with van der Waals surface area (Å²) in [5.41, 5.74) is 4.79. The van der Waals surface area contributed by atoms with Gasteiger partial charge in [0.2, 0.25) is 0 Å². The van der Waals surface area contributed by atoms with Crippen molar-refractivity contribution >= 4 is 10.9 Å². The highest BCUT2D eigenvalue weighted by atomic mass is 14.7. The predicted molar refractivity (Wildman–Crippen MR) is 73.3 cm³/mol. The van der Waals surface area contributed by atoms with Gasteiger partial charge in [0.25, 0.3) is 0 Å². The molecule has 1 aliphatic carbocycles. The summed E-state index contributed by atoms with van der Waals surface area (Å²) in [5.74, 6) is 0.814. The van der Waals surface area contributed by atoms with E-state index in [9.17, 15) is 0 Å². The number of aromatic amines is 1. The molecule has 0 bridgehead atoms. The summed E-state index contributed by atoms with van der Waals surface area (Å²) in [6.45, 7) is 7.12. The molecular formula is C16H21N. The van der Waals surface area contributed by atoms with Crippen molar-refractivity contribution in [2.75, 3.05) is 0 Å². The summed E-state index contributed by atoms with van der Waals surface area (Å²) in [6.07, 6.45) is 3.78. The molecule has 1 heteroatoms. The Kier molecular flexibility index (Phi) is 2.32. The van der Waals surface area contributed by atoms with Crippen molar-refractivity contribution in [3.05, 3.63) is 35.5 Å². The second-order valence-corrected chi connectivity index (χ2v) is 6.43. The minimum atomic E-state index is 0.427. The number of benzene rings is 1. The first-order chi connectivity index (χ1) is 8.05. The fraction of sp³-hybridized carbons (Fsp3) is 0.500. The monoisotopic (exact) mass is 227 g/mol. The summed E-state index contributed by atoms with van der Waals surface area (Å²) < 4.78 is 0. The van der Waals surface area contributed by atoms with Gasteiger partial charge in [-0.15, -0.1) is 0 Å². The maximum absolute atomic E-state index is 3.59. The molecule has 17 heavy (non-hydrogen) atoms. The van der Waals surface area contributed by atoms with E-state index >= 15 is 0 Å². The van der Waals surface area contributed by atoms with E-state index in [2.05, 4.69) is 50.0 Å². The Morgan fingerprint density at radius 1 is 1.18 bits per heavy atom. The van der Waals surface area contributed by atoms with Crippen LogP contribution in [-0.2, 0) is 12.8 Å². The van der Waals surface area contributed by atoms with Crippen LogP contribution in [0.2, 0.25) is 0 Å². The minimum absolute atomic E-state index is 0.427. The van der Waals surface area contributed by atoms with E-state index in [1.165, 1.54) is 35.9 Å². The van der Waals surface area contributed by atoms with E-state index in [1.54, 1.807) is 5.56 Å². The minimum Gasteiger partial charge on any atom is -0.358 e. The Morgan fingerprint density at radius 2 is 1.94 bits per heavy atom. The first-order valence-corrected chi connectivity index (χ1v) is 6.64. The largest absolute Gasteiger partial charge is 0.358 e. The van der Waals surface area contributed by atoms with Gasteiger partial charge in [-0.25, -0.2) is 0 Å². The zero-order valence-electron chi connectivity index (χ0n) is 11.0. The first-order valence-electron chi connectivity index (χ1n) is 6.64. The van der Waals surface area contributed by atoms with Gasteiger partial charge in [0.15, 0.2) is 0 Å². The fourth-order valence-corrected chi connectivity index (χ4v) is 3.11. The highest BCUT2D eigenvalue weighted by Crippen LogP contribution is 2.39. The number of H-pyrrole nitrogens is 1. The van der Waals surface area contributed by atoms with Crippen LogP contribution in [0.5, 0.6) is 0 Å². The Balaban J connectivity index is 2.06. The van der Waals surface area contributed by atoms with Crippen molar-refractivity contribution in [2.24, 2.45) is 11.3 Å². The lowest BCUT2D eigenvalue weighted by Gasteiger charge is -2.34. The standard InChI is InChI=1S/C16H21N/c1-16(2,3)11-8-9-15-13(10-11)12-6-4-5-7-14(12)17-15/h4-7,11,17H,8-10H2,1-3H3/t11-/m1/s1. The van der Waals surface area contributed by atoms with Gasteiger partial charge in [-0.1, -0.05) is 39.0 Å². The third kappa shape index (κ3) is 1.78. The van der Waals surface area contributed by atoms with E-state index in [-0.39, 0.29) is 0 Å². The molecule has 0 aliphatic heterocycles. The third-order valence-corrected chi connectivity index (χ3v) is 4.32. The van der Waals surface area contributed by atoms with Crippen LogP contribution < -0.4 is 0 Å². The molecule has 1 N–H and O–H groups in total. The summed E-state index contributed by atoms with van der Waals surface area (Å²) in [6, 6.07) is 8.72. The molecule has 2 aromatic rings. The summed E-state index contributed by atoms with van der Waals surface area (Å²) >= 11 is 0. The number of aryl methyl sites for hydroxylation is 1. The lowest BCUT2D eigenvalue weighted by molar-refractivity contribution is 0.216. The van der Waals surface area contributed by atoms with Crippen LogP contribution in [0.4, 0.5) is 0 Å². The van der Waals surface area contributed by atoms with Gasteiger partial charge in [0.1, 0.15) is 0 Å². The molecule has 1 aromatic heterocycles. The molecule has 1 atom stereocenters. The maximum Gasteiger partial charge on any atom is 0.0458 e. The topological polar surface area (TPSA) is 15.8 Å². The predicted octanol–water partition coefficient (Wildman–Crippen LogP) is 4.32. The highest BCUT2D eigenvalue weighted by molar-refractivity contribution is 5.84. The molecule has 0 saturated carbocycles. The molecule has 0 saturated heterocycles. The second kappa shape index (κ2) is 3.63. The molecule has 1 heterocycles. The Labute approximate surface area is 103 Å². The van der Waals surface area contributed by atoms with E-state index in [0.717, 1.165) is 5.92 Å². The van der Waals surface area contributed by atoms with Gasteiger partial charge < -0.3 is 4.98 Å². The number of fused-ring (bicyclic) bond motifs is 3. The average molecular weight is 227 g/mol. The Bertz CT molecular complexity index is 542. The van der Waals surface area contributed by atoms with Gasteiger partial charge in [-0.2, -0.15) is 0 Å². The number of hydrogen-bond acceptors (Lipinski definition) is 0. The zero-order valence-corrected chi connectivity index (χ0v) is 11.0. The third-order valence-electron chi connectivity index (χ3n) is 4.32. The lowest BCUT2D eigenvalue weighted by Crippen LogP contribution is -2.26. The van der Waals surface area contributed by atoms with Crippen LogP contribution in [0.3, 0.4) is 0 Å². The first kappa shape index (κ1) is 10.9. The lowest BCUT2D eigenvalue weighted by atomic mass is 9.71. The molecule has 0 fully saturated rings. The van der Waals surface area contributed by atoms with Crippen molar-refractivity contribution < 1.29 is 0 Å². The van der Waals surface area contributed by atoms with Crippen LogP contribution in [0, 0.1) is 11.3 Å². The van der Waals surface area contributed by atoms with Crippen molar-refractivity contribution in [3.8, 4) is 0 Å².